The van der Waals surface area contributed by atoms with Crippen LogP contribution in [0.4, 0.5) is 14.5 Å². The van der Waals surface area contributed by atoms with Crippen molar-refractivity contribution in [2.75, 3.05) is 24.6 Å². The number of piperidine rings is 1. The topological polar surface area (TPSA) is 49.5 Å². The summed E-state index contributed by atoms with van der Waals surface area (Å²) in [5.74, 6) is -1.08. The normalized spacial score (nSPS) is 16.7. The Morgan fingerprint density at radius 3 is 2.26 bits per heavy atom. The molecule has 19 heavy (non-hydrogen) atoms. The molecule has 1 saturated heterocycles. The number of aliphatic hydroxyl groups excluding tert-OH is 1. The van der Waals surface area contributed by atoms with E-state index in [9.17, 15) is 8.78 Å². The number of benzene rings is 1. The van der Waals surface area contributed by atoms with E-state index in [0.717, 1.165) is 12.8 Å². The van der Waals surface area contributed by atoms with Gasteiger partial charge in [-0.05, 0) is 30.9 Å². The quantitative estimate of drug-likeness (QED) is 0.832. The minimum absolute atomic E-state index is 0.0247. The molecule has 1 heterocycles. The maximum Gasteiger partial charge on any atom is 0.150 e. The highest BCUT2D eigenvalue weighted by Gasteiger charge is 2.24. The third-order valence-electron chi connectivity index (χ3n) is 3.49. The van der Waals surface area contributed by atoms with Gasteiger partial charge in [-0.1, -0.05) is 12.2 Å². The highest BCUT2D eigenvalue weighted by molar-refractivity contribution is 7.80. The Hall–Kier alpha value is -1.27. The van der Waals surface area contributed by atoms with Crippen LogP contribution >= 0.6 is 12.2 Å². The highest BCUT2D eigenvalue weighted by atomic mass is 32.1. The standard InChI is InChI=1S/C13H16F2N2OS/c14-10-5-9(13(16)19)6-11(15)12(10)17-3-1-8(7-18)2-4-17/h5-6,8,18H,1-4,7H2,(H2,16,19). The lowest BCUT2D eigenvalue weighted by atomic mass is 9.97. The smallest absolute Gasteiger partial charge is 0.150 e. The molecule has 104 valence electrons. The summed E-state index contributed by atoms with van der Waals surface area (Å²) in [6, 6.07) is 2.33. The van der Waals surface area contributed by atoms with Crippen molar-refractivity contribution < 1.29 is 13.9 Å². The van der Waals surface area contributed by atoms with Crippen molar-refractivity contribution in [3.05, 3.63) is 29.3 Å². The lowest BCUT2D eigenvalue weighted by Crippen LogP contribution is -2.36. The van der Waals surface area contributed by atoms with Crippen LogP contribution in [-0.4, -0.2) is 29.8 Å². The molecule has 0 amide bonds. The second-order valence-corrected chi connectivity index (χ2v) is 5.21. The number of rotatable bonds is 3. The summed E-state index contributed by atoms with van der Waals surface area (Å²) in [5.41, 5.74) is 5.54. The number of thiocarbonyl (C=S) groups is 1. The average Bonchev–Trinajstić information content (AvgIpc) is 2.38. The van der Waals surface area contributed by atoms with E-state index in [2.05, 4.69) is 0 Å². The van der Waals surface area contributed by atoms with Crippen molar-refractivity contribution in [2.24, 2.45) is 11.7 Å². The Balaban J connectivity index is 2.24. The van der Waals surface area contributed by atoms with Gasteiger partial charge in [0.15, 0.2) is 0 Å². The molecule has 1 fully saturated rings. The summed E-state index contributed by atoms with van der Waals surface area (Å²) in [6.07, 6.45) is 1.46. The van der Waals surface area contributed by atoms with Crippen molar-refractivity contribution in [2.45, 2.75) is 12.8 Å². The Labute approximate surface area is 116 Å². The zero-order valence-electron chi connectivity index (χ0n) is 10.4. The first-order valence-electron chi connectivity index (χ1n) is 6.17. The van der Waals surface area contributed by atoms with Crippen LogP contribution < -0.4 is 10.6 Å². The summed E-state index contributed by atoms with van der Waals surface area (Å²) in [7, 11) is 0. The minimum atomic E-state index is -0.648. The highest BCUT2D eigenvalue weighted by Crippen LogP contribution is 2.29. The van der Waals surface area contributed by atoms with Gasteiger partial charge >= 0.3 is 0 Å². The van der Waals surface area contributed by atoms with Gasteiger partial charge in [0.05, 0.1) is 0 Å². The monoisotopic (exact) mass is 286 g/mol. The van der Waals surface area contributed by atoms with Gasteiger partial charge in [0, 0.05) is 25.3 Å². The number of anilines is 1. The Morgan fingerprint density at radius 2 is 1.84 bits per heavy atom. The van der Waals surface area contributed by atoms with Crippen LogP contribution in [0.1, 0.15) is 18.4 Å². The lowest BCUT2D eigenvalue weighted by Gasteiger charge is -2.33. The van der Waals surface area contributed by atoms with E-state index in [1.54, 1.807) is 4.90 Å². The van der Waals surface area contributed by atoms with Crippen LogP contribution in [0.2, 0.25) is 0 Å². The fraction of sp³-hybridized carbons (Fsp3) is 0.462. The molecular formula is C13H16F2N2OS. The first-order chi connectivity index (χ1) is 9.02. The Bertz CT molecular complexity index is 465. The van der Waals surface area contributed by atoms with E-state index in [4.69, 9.17) is 23.1 Å². The van der Waals surface area contributed by atoms with Gasteiger partial charge in [-0.15, -0.1) is 0 Å². The molecule has 1 aliphatic heterocycles. The largest absolute Gasteiger partial charge is 0.396 e. The van der Waals surface area contributed by atoms with Crippen LogP contribution in [0.5, 0.6) is 0 Å². The first-order valence-corrected chi connectivity index (χ1v) is 6.58. The zero-order valence-corrected chi connectivity index (χ0v) is 11.2. The summed E-state index contributed by atoms with van der Waals surface area (Å²) in [4.78, 5) is 1.64. The molecule has 6 heteroatoms. The lowest BCUT2D eigenvalue weighted by molar-refractivity contribution is 0.202. The third-order valence-corrected chi connectivity index (χ3v) is 3.73. The van der Waals surface area contributed by atoms with E-state index in [1.807, 2.05) is 0 Å². The molecule has 0 aromatic heterocycles. The van der Waals surface area contributed by atoms with Crippen molar-refractivity contribution in [3.63, 3.8) is 0 Å². The van der Waals surface area contributed by atoms with E-state index in [1.165, 1.54) is 12.1 Å². The number of nitrogens with zero attached hydrogens (tertiary/aromatic N) is 1. The van der Waals surface area contributed by atoms with Crippen LogP contribution in [-0.2, 0) is 0 Å². The minimum Gasteiger partial charge on any atom is -0.396 e. The van der Waals surface area contributed by atoms with Gasteiger partial charge in [-0.2, -0.15) is 0 Å². The van der Waals surface area contributed by atoms with Crippen LogP contribution in [0.3, 0.4) is 0 Å². The van der Waals surface area contributed by atoms with Gasteiger partial charge in [0.1, 0.15) is 22.3 Å². The molecule has 0 unspecified atom stereocenters. The molecule has 0 bridgehead atoms. The van der Waals surface area contributed by atoms with Gasteiger partial charge in [-0.3, -0.25) is 0 Å². The molecule has 0 aliphatic carbocycles. The zero-order chi connectivity index (χ0) is 14.0. The van der Waals surface area contributed by atoms with Crippen LogP contribution in [0.25, 0.3) is 0 Å². The first kappa shape index (κ1) is 14.1. The predicted molar refractivity (Wildman–Crippen MR) is 74.3 cm³/mol. The van der Waals surface area contributed by atoms with Crippen molar-refractivity contribution in [1.29, 1.82) is 0 Å². The van der Waals surface area contributed by atoms with Crippen molar-refractivity contribution in [3.8, 4) is 0 Å². The summed E-state index contributed by atoms with van der Waals surface area (Å²) in [6.45, 7) is 1.19. The molecule has 0 atom stereocenters. The number of hydrogen-bond donors (Lipinski definition) is 2. The summed E-state index contributed by atoms with van der Waals surface area (Å²) < 4.78 is 28.0. The predicted octanol–water partition coefficient (Wildman–Crippen LogP) is 1.81. The van der Waals surface area contributed by atoms with E-state index in [-0.39, 0.29) is 28.8 Å². The molecule has 1 aromatic rings. The number of halogens is 2. The molecule has 3 N–H and O–H groups in total. The second kappa shape index (κ2) is 5.79. The molecule has 0 saturated carbocycles. The van der Waals surface area contributed by atoms with E-state index >= 15 is 0 Å². The molecule has 0 radical (unpaired) electrons. The Morgan fingerprint density at radius 1 is 1.32 bits per heavy atom. The van der Waals surface area contributed by atoms with Crippen molar-refractivity contribution >= 4 is 22.9 Å². The molecular weight excluding hydrogens is 270 g/mol. The van der Waals surface area contributed by atoms with Crippen LogP contribution in [0.15, 0.2) is 12.1 Å². The summed E-state index contributed by atoms with van der Waals surface area (Å²) in [5, 5.41) is 9.06. The van der Waals surface area contributed by atoms with Gasteiger partial charge < -0.3 is 15.7 Å². The van der Waals surface area contributed by atoms with Crippen LogP contribution in [0, 0.1) is 17.6 Å². The third kappa shape index (κ3) is 3.01. The van der Waals surface area contributed by atoms with E-state index in [0.29, 0.717) is 13.1 Å². The molecule has 3 nitrogen and oxygen atoms in total. The Kier molecular flexibility index (Phi) is 4.31. The molecule has 0 spiro atoms. The van der Waals surface area contributed by atoms with Gasteiger partial charge in [0.25, 0.3) is 0 Å². The number of hydrogen-bond acceptors (Lipinski definition) is 3. The maximum absolute atomic E-state index is 14.0. The fourth-order valence-corrected chi connectivity index (χ4v) is 2.47. The average molecular weight is 286 g/mol. The molecule has 1 aromatic carbocycles. The second-order valence-electron chi connectivity index (χ2n) is 4.77. The number of nitrogens with two attached hydrogens (primary N) is 1. The SMILES string of the molecule is NC(=S)c1cc(F)c(N2CCC(CO)CC2)c(F)c1. The summed E-state index contributed by atoms with van der Waals surface area (Å²) >= 11 is 4.72. The van der Waals surface area contributed by atoms with Gasteiger partial charge in [0.2, 0.25) is 0 Å². The molecule has 2 rings (SSSR count). The molecule has 1 aliphatic rings. The number of aliphatic hydroxyl groups is 1. The van der Waals surface area contributed by atoms with Gasteiger partial charge in [-0.25, -0.2) is 8.78 Å². The van der Waals surface area contributed by atoms with E-state index < -0.39 is 11.6 Å². The maximum atomic E-state index is 14.0. The fourth-order valence-electron chi connectivity index (χ4n) is 2.35. The van der Waals surface area contributed by atoms with Crippen molar-refractivity contribution in [1.82, 2.24) is 0 Å².